The van der Waals surface area contributed by atoms with Crippen LogP contribution in [0.3, 0.4) is 0 Å². The standard InChI is InChI=1S/C25H30Cl2N4O4/c1-34-22-7-3-2-6-21(22)31-12-10-30(11-13-31)20-9-8-17(29-25(33)23(26)27)15-19(20)24(32)28-16-18-5-4-14-35-18/h2-3,6-9,15,18,23H,4-5,10-14,16H2,1H3,(H,28,32)(H,29,33). The summed E-state index contributed by atoms with van der Waals surface area (Å²) in [6.07, 6.45) is 1.96. The number of carbonyl (C=O) groups is 2. The molecule has 2 aliphatic heterocycles. The molecular formula is C25H30Cl2N4O4. The second-order valence-electron chi connectivity index (χ2n) is 8.51. The Morgan fingerprint density at radius 3 is 2.46 bits per heavy atom. The largest absolute Gasteiger partial charge is 0.495 e. The molecule has 35 heavy (non-hydrogen) atoms. The lowest BCUT2D eigenvalue weighted by Crippen LogP contribution is -2.47. The molecule has 0 bridgehead atoms. The third-order valence-corrected chi connectivity index (χ3v) is 6.66. The Morgan fingerprint density at radius 2 is 1.80 bits per heavy atom. The van der Waals surface area contributed by atoms with E-state index in [1.807, 2.05) is 24.3 Å². The van der Waals surface area contributed by atoms with Gasteiger partial charge in [0.1, 0.15) is 5.75 Å². The minimum atomic E-state index is -1.20. The molecule has 1 unspecified atom stereocenters. The van der Waals surface area contributed by atoms with Crippen molar-refractivity contribution in [3.8, 4) is 5.75 Å². The number of amides is 2. The molecule has 2 heterocycles. The van der Waals surface area contributed by atoms with Gasteiger partial charge in [0.25, 0.3) is 11.8 Å². The van der Waals surface area contributed by atoms with Crippen LogP contribution < -0.4 is 25.2 Å². The van der Waals surface area contributed by atoms with E-state index in [9.17, 15) is 9.59 Å². The molecular weight excluding hydrogens is 491 g/mol. The first-order chi connectivity index (χ1) is 17.0. The molecule has 2 saturated heterocycles. The van der Waals surface area contributed by atoms with Crippen LogP contribution in [0, 0.1) is 0 Å². The Bertz CT molecular complexity index is 1040. The molecule has 0 radical (unpaired) electrons. The van der Waals surface area contributed by atoms with Crippen LogP contribution in [-0.2, 0) is 9.53 Å². The number of benzene rings is 2. The van der Waals surface area contributed by atoms with Crippen LogP contribution in [0.15, 0.2) is 42.5 Å². The minimum Gasteiger partial charge on any atom is -0.495 e. The summed E-state index contributed by atoms with van der Waals surface area (Å²) in [6, 6.07) is 13.2. The lowest BCUT2D eigenvalue weighted by Gasteiger charge is -2.38. The third kappa shape index (κ3) is 6.31. The number of alkyl halides is 2. The van der Waals surface area contributed by atoms with Crippen molar-refractivity contribution >= 4 is 52.1 Å². The number of hydrogen-bond acceptors (Lipinski definition) is 6. The molecule has 0 aliphatic carbocycles. The van der Waals surface area contributed by atoms with Crippen molar-refractivity contribution in [2.45, 2.75) is 23.8 Å². The summed E-state index contributed by atoms with van der Waals surface area (Å²) in [6.45, 7) is 4.16. The molecule has 8 nitrogen and oxygen atoms in total. The Labute approximate surface area is 215 Å². The number of piperazine rings is 1. The number of anilines is 3. The molecule has 2 aromatic carbocycles. The van der Waals surface area contributed by atoms with Gasteiger partial charge in [-0.05, 0) is 43.2 Å². The lowest BCUT2D eigenvalue weighted by molar-refractivity contribution is -0.114. The van der Waals surface area contributed by atoms with Crippen molar-refractivity contribution in [2.24, 2.45) is 0 Å². The first-order valence-electron chi connectivity index (χ1n) is 11.7. The van der Waals surface area contributed by atoms with E-state index in [1.165, 1.54) is 0 Å². The minimum absolute atomic E-state index is 0.0305. The van der Waals surface area contributed by atoms with E-state index in [1.54, 1.807) is 19.2 Å². The van der Waals surface area contributed by atoms with Crippen LogP contribution in [0.25, 0.3) is 0 Å². The second kappa shape index (κ2) is 11.8. The molecule has 4 rings (SSSR count). The van der Waals surface area contributed by atoms with E-state index >= 15 is 0 Å². The highest BCUT2D eigenvalue weighted by molar-refractivity contribution is 6.54. The lowest BCUT2D eigenvalue weighted by atomic mass is 10.1. The van der Waals surface area contributed by atoms with Crippen LogP contribution in [0.5, 0.6) is 5.75 Å². The van der Waals surface area contributed by atoms with E-state index in [4.69, 9.17) is 32.7 Å². The van der Waals surface area contributed by atoms with Crippen molar-refractivity contribution in [3.63, 3.8) is 0 Å². The third-order valence-electron chi connectivity index (χ3n) is 6.27. The van der Waals surface area contributed by atoms with Crippen LogP contribution in [0.2, 0.25) is 0 Å². The van der Waals surface area contributed by atoms with Crippen molar-refractivity contribution in [3.05, 3.63) is 48.0 Å². The Hall–Kier alpha value is -2.68. The normalized spacial score (nSPS) is 18.0. The molecule has 188 valence electrons. The van der Waals surface area contributed by atoms with Crippen molar-refractivity contribution in [2.75, 3.05) is 61.6 Å². The molecule has 0 saturated carbocycles. The number of para-hydroxylation sites is 2. The Kier molecular flexibility index (Phi) is 8.59. The van der Waals surface area contributed by atoms with Gasteiger partial charge < -0.3 is 29.9 Å². The van der Waals surface area contributed by atoms with Gasteiger partial charge in [-0.1, -0.05) is 35.3 Å². The zero-order chi connectivity index (χ0) is 24.8. The Balaban J connectivity index is 1.51. The number of nitrogens with zero attached hydrogens (tertiary/aromatic N) is 2. The predicted molar refractivity (Wildman–Crippen MR) is 139 cm³/mol. The summed E-state index contributed by atoms with van der Waals surface area (Å²) in [4.78, 5) is 28.5. The Morgan fingerprint density at radius 1 is 1.09 bits per heavy atom. The molecule has 2 N–H and O–H groups in total. The van der Waals surface area contributed by atoms with Gasteiger partial charge in [0.15, 0.2) is 4.84 Å². The zero-order valence-corrected chi connectivity index (χ0v) is 21.1. The summed E-state index contributed by atoms with van der Waals surface area (Å²) < 4.78 is 11.2. The number of hydrogen-bond donors (Lipinski definition) is 2. The zero-order valence-electron chi connectivity index (χ0n) is 19.6. The molecule has 0 aromatic heterocycles. The highest BCUT2D eigenvalue weighted by Crippen LogP contribution is 2.31. The predicted octanol–water partition coefficient (Wildman–Crippen LogP) is 3.67. The number of halogens is 2. The quantitative estimate of drug-likeness (QED) is 0.516. The van der Waals surface area contributed by atoms with Crippen molar-refractivity contribution < 1.29 is 19.1 Å². The van der Waals surface area contributed by atoms with Gasteiger partial charge in [0, 0.05) is 50.7 Å². The van der Waals surface area contributed by atoms with Gasteiger partial charge in [-0.2, -0.15) is 0 Å². The average molecular weight is 521 g/mol. The van der Waals surface area contributed by atoms with E-state index in [-0.39, 0.29) is 12.0 Å². The maximum atomic E-state index is 13.2. The first-order valence-corrected chi connectivity index (χ1v) is 12.6. The number of carbonyl (C=O) groups excluding carboxylic acids is 2. The maximum absolute atomic E-state index is 13.2. The average Bonchev–Trinajstić information content (AvgIpc) is 3.41. The molecule has 2 aromatic rings. The number of nitrogens with one attached hydrogen (secondary N) is 2. The molecule has 2 amide bonds. The second-order valence-corrected chi connectivity index (χ2v) is 9.61. The summed E-state index contributed by atoms with van der Waals surface area (Å²) in [5.41, 5.74) is 2.80. The SMILES string of the molecule is COc1ccccc1N1CCN(c2ccc(NC(=O)C(Cl)Cl)cc2C(=O)NCC2CCCO2)CC1. The van der Waals surface area contributed by atoms with E-state index in [0.717, 1.165) is 62.8 Å². The van der Waals surface area contributed by atoms with E-state index < -0.39 is 10.7 Å². The first kappa shape index (κ1) is 25.4. The monoisotopic (exact) mass is 520 g/mol. The topological polar surface area (TPSA) is 83.1 Å². The van der Waals surface area contributed by atoms with Gasteiger partial charge in [0.2, 0.25) is 0 Å². The van der Waals surface area contributed by atoms with E-state index in [2.05, 4.69) is 26.5 Å². The molecule has 1 atom stereocenters. The summed E-state index contributed by atoms with van der Waals surface area (Å²) in [7, 11) is 1.67. The fourth-order valence-corrected chi connectivity index (χ4v) is 4.56. The van der Waals surface area contributed by atoms with Gasteiger partial charge >= 0.3 is 0 Å². The molecule has 2 fully saturated rings. The highest BCUT2D eigenvalue weighted by Gasteiger charge is 2.25. The number of rotatable bonds is 8. The van der Waals surface area contributed by atoms with Crippen LogP contribution in [0.1, 0.15) is 23.2 Å². The summed E-state index contributed by atoms with van der Waals surface area (Å²) in [5, 5.41) is 5.65. The summed E-state index contributed by atoms with van der Waals surface area (Å²) >= 11 is 11.4. The fraction of sp³-hybridized carbons (Fsp3) is 0.440. The van der Waals surface area contributed by atoms with Crippen LogP contribution in [-0.4, -0.2) is 69.2 Å². The van der Waals surface area contributed by atoms with Crippen LogP contribution in [0.4, 0.5) is 17.1 Å². The van der Waals surface area contributed by atoms with E-state index in [0.29, 0.717) is 17.8 Å². The molecule has 10 heteroatoms. The molecule has 2 aliphatic rings. The van der Waals surface area contributed by atoms with Crippen molar-refractivity contribution in [1.29, 1.82) is 0 Å². The smallest absolute Gasteiger partial charge is 0.257 e. The highest BCUT2D eigenvalue weighted by atomic mass is 35.5. The number of methoxy groups -OCH3 is 1. The fourth-order valence-electron chi connectivity index (χ4n) is 4.45. The van der Waals surface area contributed by atoms with Gasteiger partial charge in [-0.25, -0.2) is 0 Å². The van der Waals surface area contributed by atoms with Gasteiger partial charge in [-0.15, -0.1) is 0 Å². The molecule has 0 spiro atoms. The summed E-state index contributed by atoms with van der Waals surface area (Å²) in [5.74, 6) is 0.0800. The van der Waals surface area contributed by atoms with Gasteiger partial charge in [0.05, 0.1) is 24.5 Å². The number of ether oxygens (including phenoxy) is 2. The van der Waals surface area contributed by atoms with Crippen molar-refractivity contribution in [1.82, 2.24) is 5.32 Å². The van der Waals surface area contributed by atoms with Gasteiger partial charge in [-0.3, -0.25) is 9.59 Å². The van der Waals surface area contributed by atoms with Crippen LogP contribution >= 0.6 is 23.2 Å². The maximum Gasteiger partial charge on any atom is 0.257 e.